The van der Waals surface area contributed by atoms with E-state index in [-0.39, 0.29) is 5.95 Å². The van der Waals surface area contributed by atoms with Gasteiger partial charge in [0.25, 0.3) is 0 Å². The van der Waals surface area contributed by atoms with Gasteiger partial charge < -0.3 is 16.0 Å². The van der Waals surface area contributed by atoms with Gasteiger partial charge >= 0.3 is 0 Å². The Morgan fingerprint density at radius 1 is 1.48 bits per heavy atom. The molecular weight excluding hydrogens is 286 g/mol. The third kappa shape index (κ3) is 2.81. The molecule has 2 aromatic heterocycles. The zero-order chi connectivity index (χ0) is 14.8. The number of anilines is 2. The quantitative estimate of drug-likeness (QED) is 0.724. The molecule has 3 rings (SSSR count). The van der Waals surface area contributed by atoms with E-state index >= 15 is 0 Å². The average Bonchev–Trinajstić information content (AvgIpc) is 3.15. The molecule has 0 unspecified atom stereocenters. The number of nitrogens with one attached hydrogen (secondary N) is 2. The summed E-state index contributed by atoms with van der Waals surface area (Å²) in [5, 5.41) is 10.4. The minimum atomic E-state index is 0.289. The zero-order valence-corrected chi connectivity index (χ0v) is 12.9. The van der Waals surface area contributed by atoms with E-state index in [0.29, 0.717) is 6.04 Å². The molecule has 1 atom stereocenters. The Bertz CT molecular complexity index is 627. The van der Waals surface area contributed by atoms with Crippen LogP contribution < -0.4 is 16.0 Å². The Morgan fingerprint density at radius 3 is 3.05 bits per heavy atom. The predicted molar refractivity (Wildman–Crippen MR) is 85.5 cm³/mol. The maximum atomic E-state index is 5.89. The smallest absolute Gasteiger partial charge is 0.222 e. The number of nitrogens with two attached hydrogens (primary N) is 1. The number of nitrogen functional groups attached to an aromatic ring is 1. The highest BCUT2D eigenvalue weighted by Crippen LogP contribution is 2.29. The van der Waals surface area contributed by atoms with E-state index in [2.05, 4.69) is 30.4 Å². The molecule has 4 N–H and O–H groups in total. The highest BCUT2D eigenvalue weighted by molar-refractivity contribution is 7.98. The summed E-state index contributed by atoms with van der Waals surface area (Å²) in [6.45, 7) is 1.91. The lowest BCUT2D eigenvalue weighted by atomic mass is 10.3. The number of hydrogen-bond acceptors (Lipinski definition) is 7. The third-order valence-corrected chi connectivity index (χ3v) is 4.48. The molecule has 0 aliphatic carbocycles. The fraction of sp³-hybridized carbons (Fsp3) is 0.462. The van der Waals surface area contributed by atoms with Crippen molar-refractivity contribution in [3.05, 3.63) is 12.3 Å². The van der Waals surface area contributed by atoms with Gasteiger partial charge in [-0.05, 0) is 19.7 Å². The lowest BCUT2D eigenvalue weighted by Gasteiger charge is -2.18. The second kappa shape index (κ2) is 5.90. The SMILES string of the molecule is CN[C@@H]1CCN(c2cc(-c3[nH]ncc3SC)nc(N)n2)C1. The highest BCUT2D eigenvalue weighted by Gasteiger charge is 2.23. The molecule has 0 amide bonds. The lowest BCUT2D eigenvalue weighted by molar-refractivity contribution is 0.616. The van der Waals surface area contributed by atoms with Crippen LogP contribution in [0.3, 0.4) is 0 Å². The van der Waals surface area contributed by atoms with E-state index in [4.69, 9.17) is 5.73 Å². The van der Waals surface area contributed by atoms with Crippen molar-refractivity contribution in [3.63, 3.8) is 0 Å². The molecule has 1 aliphatic rings. The lowest BCUT2D eigenvalue weighted by Crippen LogP contribution is -2.30. The van der Waals surface area contributed by atoms with E-state index in [1.54, 1.807) is 18.0 Å². The fourth-order valence-electron chi connectivity index (χ4n) is 2.56. The van der Waals surface area contributed by atoms with Crippen LogP contribution >= 0.6 is 11.8 Å². The topological polar surface area (TPSA) is 95.8 Å². The summed E-state index contributed by atoms with van der Waals surface area (Å²) in [5.41, 5.74) is 7.56. The first-order valence-electron chi connectivity index (χ1n) is 6.85. The molecule has 3 heterocycles. The Balaban J connectivity index is 1.94. The minimum Gasteiger partial charge on any atom is -0.368 e. The van der Waals surface area contributed by atoms with Gasteiger partial charge in [0.1, 0.15) is 5.82 Å². The van der Waals surface area contributed by atoms with Crippen LogP contribution in [0.2, 0.25) is 0 Å². The molecule has 2 aromatic rings. The van der Waals surface area contributed by atoms with Gasteiger partial charge in [-0.1, -0.05) is 0 Å². The van der Waals surface area contributed by atoms with E-state index < -0.39 is 0 Å². The summed E-state index contributed by atoms with van der Waals surface area (Å²) < 4.78 is 0. The average molecular weight is 305 g/mol. The maximum absolute atomic E-state index is 5.89. The van der Waals surface area contributed by atoms with Crippen molar-refractivity contribution in [1.29, 1.82) is 0 Å². The molecule has 7 nitrogen and oxygen atoms in total. The maximum Gasteiger partial charge on any atom is 0.222 e. The second-order valence-corrected chi connectivity index (χ2v) is 5.85. The fourth-order valence-corrected chi connectivity index (χ4v) is 3.07. The van der Waals surface area contributed by atoms with Crippen molar-refractivity contribution in [1.82, 2.24) is 25.5 Å². The van der Waals surface area contributed by atoms with Crippen LogP contribution in [0.4, 0.5) is 11.8 Å². The Kier molecular flexibility index (Phi) is 3.98. The van der Waals surface area contributed by atoms with E-state index in [1.165, 1.54) is 0 Å². The predicted octanol–water partition coefficient (Wildman–Crippen LogP) is 0.969. The summed E-state index contributed by atoms with van der Waals surface area (Å²) in [6.07, 6.45) is 4.92. The highest BCUT2D eigenvalue weighted by atomic mass is 32.2. The van der Waals surface area contributed by atoms with Crippen LogP contribution in [0.5, 0.6) is 0 Å². The Morgan fingerprint density at radius 2 is 2.33 bits per heavy atom. The number of likely N-dealkylation sites (N-methyl/N-ethyl adjacent to an activating group) is 1. The van der Waals surface area contributed by atoms with Crippen LogP contribution in [0, 0.1) is 0 Å². The van der Waals surface area contributed by atoms with Gasteiger partial charge in [-0.25, -0.2) is 4.98 Å². The third-order valence-electron chi connectivity index (χ3n) is 3.73. The van der Waals surface area contributed by atoms with E-state index in [0.717, 1.165) is 41.6 Å². The van der Waals surface area contributed by atoms with Crippen LogP contribution in [0.1, 0.15) is 6.42 Å². The van der Waals surface area contributed by atoms with Crippen LogP contribution in [0.25, 0.3) is 11.4 Å². The van der Waals surface area contributed by atoms with Gasteiger partial charge in [-0.3, -0.25) is 5.10 Å². The van der Waals surface area contributed by atoms with E-state index in [1.807, 2.05) is 19.4 Å². The van der Waals surface area contributed by atoms with Crippen molar-refractivity contribution in [3.8, 4) is 11.4 Å². The van der Waals surface area contributed by atoms with Crippen molar-refractivity contribution >= 4 is 23.5 Å². The first kappa shape index (κ1) is 14.2. The molecule has 1 aliphatic heterocycles. The summed E-state index contributed by atoms with van der Waals surface area (Å²) in [5.74, 6) is 1.16. The van der Waals surface area contributed by atoms with Crippen molar-refractivity contribution in [2.24, 2.45) is 0 Å². The first-order chi connectivity index (χ1) is 10.2. The first-order valence-corrected chi connectivity index (χ1v) is 8.08. The monoisotopic (exact) mass is 305 g/mol. The standard InChI is InChI=1S/C13H19N7S/c1-15-8-3-4-20(7-8)11-5-9(17-13(14)18-11)12-10(21-2)6-16-19-12/h5-6,8,15H,3-4,7H2,1-2H3,(H,16,19)(H2,14,17,18)/t8-/m1/s1. The van der Waals surface area contributed by atoms with Crippen molar-refractivity contribution in [2.75, 3.05) is 37.0 Å². The number of aromatic amines is 1. The summed E-state index contributed by atoms with van der Waals surface area (Å²) >= 11 is 1.63. The molecule has 1 saturated heterocycles. The van der Waals surface area contributed by atoms with Crippen LogP contribution in [0.15, 0.2) is 17.2 Å². The summed E-state index contributed by atoms with van der Waals surface area (Å²) in [7, 11) is 1.99. The Hall–Kier alpha value is -1.80. The number of rotatable bonds is 4. The molecule has 8 heteroatoms. The molecule has 21 heavy (non-hydrogen) atoms. The summed E-state index contributed by atoms with van der Waals surface area (Å²) in [4.78, 5) is 12.0. The van der Waals surface area contributed by atoms with Gasteiger partial charge in [0.05, 0.1) is 22.5 Å². The normalized spacial score (nSPS) is 18.4. The number of H-pyrrole nitrogens is 1. The van der Waals surface area contributed by atoms with Crippen molar-refractivity contribution in [2.45, 2.75) is 17.4 Å². The van der Waals surface area contributed by atoms with Gasteiger partial charge in [-0.2, -0.15) is 10.1 Å². The Labute approximate surface area is 127 Å². The van der Waals surface area contributed by atoms with Crippen molar-refractivity contribution < 1.29 is 0 Å². The molecule has 0 bridgehead atoms. The van der Waals surface area contributed by atoms with E-state index in [9.17, 15) is 0 Å². The molecule has 112 valence electrons. The summed E-state index contributed by atoms with van der Waals surface area (Å²) in [6, 6.07) is 2.47. The van der Waals surface area contributed by atoms with Gasteiger partial charge in [0.2, 0.25) is 5.95 Å². The molecule has 0 radical (unpaired) electrons. The van der Waals surface area contributed by atoms with Gasteiger partial charge in [0, 0.05) is 25.2 Å². The molecule has 0 aromatic carbocycles. The minimum absolute atomic E-state index is 0.289. The number of nitrogens with zero attached hydrogens (tertiary/aromatic N) is 4. The van der Waals surface area contributed by atoms with Crippen LogP contribution in [-0.4, -0.2) is 52.6 Å². The van der Waals surface area contributed by atoms with Crippen LogP contribution in [-0.2, 0) is 0 Å². The molecule has 0 spiro atoms. The van der Waals surface area contributed by atoms with Gasteiger partial charge in [0.15, 0.2) is 0 Å². The molecule has 0 saturated carbocycles. The molecular formula is C13H19N7S. The zero-order valence-electron chi connectivity index (χ0n) is 12.1. The largest absolute Gasteiger partial charge is 0.368 e. The second-order valence-electron chi connectivity index (χ2n) is 5.00. The number of hydrogen-bond donors (Lipinski definition) is 3. The number of aromatic nitrogens is 4. The molecule has 1 fully saturated rings. The number of thioether (sulfide) groups is 1. The van der Waals surface area contributed by atoms with Gasteiger partial charge in [-0.15, -0.1) is 11.8 Å².